The number of fused-ring (bicyclic) bond motifs is 1. The summed E-state index contributed by atoms with van der Waals surface area (Å²) < 4.78 is 13.2. The van der Waals surface area contributed by atoms with E-state index in [0.29, 0.717) is 13.2 Å². The summed E-state index contributed by atoms with van der Waals surface area (Å²) in [6.07, 6.45) is 3.55. The molecule has 5 heteroatoms. The van der Waals surface area contributed by atoms with E-state index >= 15 is 0 Å². The van der Waals surface area contributed by atoms with E-state index in [2.05, 4.69) is 5.10 Å². The van der Waals surface area contributed by atoms with Gasteiger partial charge in [0.05, 0.1) is 0 Å². The quantitative estimate of drug-likeness (QED) is 0.923. The van der Waals surface area contributed by atoms with Gasteiger partial charge in [-0.15, -0.1) is 0 Å². The van der Waals surface area contributed by atoms with E-state index in [-0.39, 0.29) is 6.04 Å². The second-order valence-corrected chi connectivity index (χ2v) is 4.96. The van der Waals surface area contributed by atoms with Crippen LogP contribution in [0.2, 0.25) is 0 Å². The van der Waals surface area contributed by atoms with Crippen molar-refractivity contribution in [2.45, 2.75) is 18.9 Å². The van der Waals surface area contributed by atoms with Gasteiger partial charge in [0.15, 0.2) is 11.5 Å². The first kappa shape index (κ1) is 13.0. The third-order valence-electron chi connectivity index (χ3n) is 3.63. The summed E-state index contributed by atoms with van der Waals surface area (Å²) in [6, 6.07) is 7.86. The molecule has 0 saturated carbocycles. The summed E-state index contributed by atoms with van der Waals surface area (Å²) in [5.74, 6) is 1.60. The number of hydrogen-bond donors (Lipinski definition) is 1. The smallest absolute Gasteiger partial charge is 0.166 e. The molecule has 0 radical (unpaired) electrons. The van der Waals surface area contributed by atoms with Crippen molar-refractivity contribution in [2.75, 3.05) is 13.2 Å². The van der Waals surface area contributed by atoms with Crippen LogP contribution in [0.1, 0.15) is 23.7 Å². The summed E-state index contributed by atoms with van der Waals surface area (Å²) in [6.45, 7) is 1.18. The van der Waals surface area contributed by atoms with Crippen molar-refractivity contribution in [2.24, 2.45) is 12.8 Å². The molecule has 0 saturated heterocycles. The molecular formula is C15H19N3O2. The molecule has 1 unspecified atom stereocenters. The van der Waals surface area contributed by atoms with Crippen LogP contribution >= 0.6 is 0 Å². The zero-order valence-electron chi connectivity index (χ0n) is 11.6. The number of rotatable bonds is 4. The molecule has 2 heterocycles. The minimum atomic E-state index is -0.0680. The predicted octanol–water partition coefficient (Wildman–Crippen LogP) is 1.82. The lowest BCUT2D eigenvalue weighted by molar-refractivity contribution is 0.169. The van der Waals surface area contributed by atoms with Gasteiger partial charge in [-0.1, -0.05) is 12.1 Å². The van der Waals surface area contributed by atoms with Crippen LogP contribution in [-0.2, 0) is 13.5 Å². The molecule has 0 spiro atoms. The van der Waals surface area contributed by atoms with Gasteiger partial charge in [-0.25, -0.2) is 0 Å². The molecule has 1 atom stereocenters. The summed E-state index contributed by atoms with van der Waals surface area (Å²) in [5.41, 5.74) is 8.52. The van der Waals surface area contributed by atoms with E-state index in [1.807, 2.05) is 42.2 Å². The number of ether oxygens (including phenoxy) is 2. The Morgan fingerprint density at radius 1 is 1.30 bits per heavy atom. The number of aromatic nitrogens is 2. The largest absolute Gasteiger partial charge is 0.486 e. The lowest BCUT2D eigenvalue weighted by atomic mass is 10.00. The number of hydrogen-bond acceptors (Lipinski definition) is 4. The second kappa shape index (κ2) is 5.54. The fraction of sp³-hybridized carbons (Fsp3) is 0.400. The van der Waals surface area contributed by atoms with Crippen molar-refractivity contribution in [1.29, 1.82) is 0 Å². The Labute approximate surface area is 118 Å². The molecule has 20 heavy (non-hydrogen) atoms. The van der Waals surface area contributed by atoms with Gasteiger partial charge in [0.2, 0.25) is 0 Å². The van der Waals surface area contributed by atoms with E-state index in [1.54, 1.807) is 0 Å². The average Bonchev–Trinajstić information content (AvgIpc) is 2.89. The minimum Gasteiger partial charge on any atom is -0.486 e. The van der Waals surface area contributed by atoms with Crippen LogP contribution in [0.15, 0.2) is 30.5 Å². The molecule has 1 aromatic carbocycles. The summed E-state index contributed by atoms with van der Waals surface area (Å²) in [7, 11) is 1.95. The lowest BCUT2D eigenvalue weighted by Gasteiger charge is -2.23. The molecule has 0 fully saturated rings. The molecule has 5 nitrogen and oxygen atoms in total. The highest BCUT2D eigenvalue weighted by molar-refractivity contribution is 5.48. The van der Waals surface area contributed by atoms with Crippen molar-refractivity contribution in [3.05, 3.63) is 41.7 Å². The SMILES string of the molecule is Cn1nccc1CCC(N)c1cccc2c1OCCO2. The highest BCUT2D eigenvalue weighted by Gasteiger charge is 2.19. The fourth-order valence-electron chi connectivity index (χ4n) is 2.49. The summed E-state index contributed by atoms with van der Waals surface area (Å²) >= 11 is 0. The van der Waals surface area contributed by atoms with Crippen LogP contribution in [0.4, 0.5) is 0 Å². The van der Waals surface area contributed by atoms with Gasteiger partial charge in [0.1, 0.15) is 13.2 Å². The molecule has 1 aliphatic rings. The van der Waals surface area contributed by atoms with E-state index in [0.717, 1.165) is 29.9 Å². The van der Waals surface area contributed by atoms with Gasteiger partial charge in [-0.3, -0.25) is 4.68 Å². The Morgan fingerprint density at radius 2 is 2.15 bits per heavy atom. The molecule has 1 aliphatic heterocycles. The van der Waals surface area contributed by atoms with Crippen molar-refractivity contribution in [3.8, 4) is 11.5 Å². The van der Waals surface area contributed by atoms with Crippen LogP contribution < -0.4 is 15.2 Å². The molecule has 3 rings (SSSR count). The van der Waals surface area contributed by atoms with Gasteiger partial charge in [0, 0.05) is 30.5 Å². The predicted molar refractivity (Wildman–Crippen MR) is 75.9 cm³/mol. The van der Waals surface area contributed by atoms with Crippen molar-refractivity contribution < 1.29 is 9.47 Å². The number of nitrogens with two attached hydrogens (primary N) is 1. The Bertz CT molecular complexity index is 595. The van der Waals surface area contributed by atoms with Gasteiger partial charge >= 0.3 is 0 Å². The molecule has 0 amide bonds. The zero-order chi connectivity index (χ0) is 13.9. The number of nitrogens with zero attached hydrogens (tertiary/aromatic N) is 2. The summed E-state index contributed by atoms with van der Waals surface area (Å²) in [4.78, 5) is 0. The topological polar surface area (TPSA) is 62.3 Å². The first-order chi connectivity index (χ1) is 9.75. The number of para-hydroxylation sites is 1. The van der Waals surface area contributed by atoms with Crippen LogP contribution in [0.25, 0.3) is 0 Å². The minimum absolute atomic E-state index is 0.0680. The second-order valence-electron chi connectivity index (χ2n) is 4.96. The highest BCUT2D eigenvalue weighted by Crippen LogP contribution is 2.37. The molecular weight excluding hydrogens is 254 g/mol. The van der Waals surface area contributed by atoms with Gasteiger partial charge < -0.3 is 15.2 Å². The molecule has 2 aromatic rings. The standard InChI is InChI=1S/C15H19N3O2/c1-18-11(7-8-17-18)5-6-13(16)12-3-2-4-14-15(12)20-10-9-19-14/h2-4,7-8,13H,5-6,9-10,16H2,1H3. The Kier molecular flexibility index (Phi) is 3.60. The average molecular weight is 273 g/mol. The van der Waals surface area contributed by atoms with E-state index in [1.165, 1.54) is 5.69 Å². The van der Waals surface area contributed by atoms with Gasteiger partial charge in [-0.2, -0.15) is 5.10 Å². The lowest BCUT2D eigenvalue weighted by Crippen LogP contribution is -2.20. The highest BCUT2D eigenvalue weighted by atomic mass is 16.6. The molecule has 2 N–H and O–H groups in total. The third-order valence-corrected chi connectivity index (χ3v) is 3.63. The monoisotopic (exact) mass is 273 g/mol. The first-order valence-electron chi connectivity index (χ1n) is 6.86. The van der Waals surface area contributed by atoms with Gasteiger partial charge in [0.25, 0.3) is 0 Å². The first-order valence-corrected chi connectivity index (χ1v) is 6.86. The van der Waals surface area contributed by atoms with Crippen LogP contribution in [0.3, 0.4) is 0 Å². The van der Waals surface area contributed by atoms with Crippen molar-refractivity contribution in [1.82, 2.24) is 9.78 Å². The van der Waals surface area contributed by atoms with E-state index in [4.69, 9.17) is 15.2 Å². The maximum Gasteiger partial charge on any atom is 0.166 e. The molecule has 0 aliphatic carbocycles. The number of aryl methyl sites for hydroxylation is 2. The maximum absolute atomic E-state index is 6.32. The zero-order valence-corrected chi connectivity index (χ0v) is 11.6. The molecule has 0 bridgehead atoms. The normalized spacial score (nSPS) is 15.1. The van der Waals surface area contributed by atoms with Crippen molar-refractivity contribution >= 4 is 0 Å². The summed E-state index contributed by atoms with van der Waals surface area (Å²) in [5, 5.41) is 4.17. The van der Waals surface area contributed by atoms with Gasteiger partial charge in [-0.05, 0) is 25.0 Å². The maximum atomic E-state index is 6.32. The molecule has 1 aromatic heterocycles. The Morgan fingerprint density at radius 3 is 2.95 bits per heavy atom. The van der Waals surface area contributed by atoms with Crippen LogP contribution in [0.5, 0.6) is 11.5 Å². The van der Waals surface area contributed by atoms with Crippen LogP contribution in [-0.4, -0.2) is 23.0 Å². The van der Waals surface area contributed by atoms with Crippen LogP contribution in [0, 0.1) is 0 Å². The third kappa shape index (κ3) is 2.49. The Hall–Kier alpha value is -2.01. The number of benzene rings is 1. The fourth-order valence-corrected chi connectivity index (χ4v) is 2.49. The van der Waals surface area contributed by atoms with E-state index < -0.39 is 0 Å². The van der Waals surface area contributed by atoms with E-state index in [9.17, 15) is 0 Å². The Balaban J connectivity index is 1.74. The molecule has 106 valence electrons. The van der Waals surface area contributed by atoms with Crippen molar-refractivity contribution in [3.63, 3.8) is 0 Å².